The van der Waals surface area contributed by atoms with Gasteiger partial charge in [0.25, 0.3) is 5.92 Å². The van der Waals surface area contributed by atoms with Crippen LogP contribution in [0.2, 0.25) is 0 Å². The average Bonchev–Trinajstić information content (AvgIpc) is 2.46. The maximum atomic E-state index is 13.3. The number of piperidine rings is 1. The van der Waals surface area contributed by atoms with Gasteiger partial charge >= 0.3 is 12.0 Å². The van der Waals surface area contributed by atoms with Crippen molar-refractivity contribution in [2.45, 2.75) is 26.2 Å². The van der Waals surface area contributed by atoms with E-state index in [1.165, 1.54) is 29.2 Å². The molecule has 126 valence electrons. The quantitative estimate of drug-likeness (QED) is 0.895. The van der Waals surface area contributed by atoms with Gasteiger partial charge in [0.15, 0.2) is 0 Å². The maximum Gasteiger partial charge on any atom is 0.321 e. The first-order chi connectivity index (χ1) is 10.7. The van der Waals surface area contributed by atoms with Crippen LogP contribution in [0.1, 0.15) is 25.8 Å². The molecule has 7 heteroatoms. The number of hydrogen-bond donors (Lipinski definition) is 2. The van der Waals surface area contributed by atoms with Crippen LogP contribution < -0.4 is 5.32 Å². The van der Waals surface area contributed by atoms with Crippen molar-refractivity contribution in [3.63, 3.8) is 0 Å². The number of anilines is 1. The van der Waals surface area contributed by atoms with E-state index in [-0.39, 0.29) is 23.7 Å². The predicted molar refractivity (Wildman–Crippen MR) is 81.5 cm³/mol. The molecule has 0 radical (unpaired) electrons. The number of carbonyl (C=O) groups excluding carboxylic acids is 1. The predicted octanol–water partition coefficient (Wildman–Crippen LogP) is 3.37. The van der Waals surface area contributed by atoms with E-state index in [2.05, 4.69) is 5.32 Å². The number of aliphatic carboxylic acids is 1. The van der Waals surface area contributed by atoms with Crippen molar-refractivity contribution < 1.29 is 23.5 Å². The van der Waals surface area contributed by atoms with E-state index in [9.17, 15) is 18.4 Å². The number of likely N-dealkylation sites (tertiary alicyclic amines) is 1. The van der Waals surface area contributed by atoms with Crippen molar-refractivity contribution in [1.82, 2.24) is 4.90 Å². The highest BCUT2D eigenvalue weighted by Gasteiger charge is 2.32. The van der Waals surface area contributed by atoms with E-state index in [1.807, 2.05) is 6.92 Å². The summed E-state index contributed by atoms with van der Waals surface area (Å²) >= 11 is 0. The number of nitrogens with zero attached hydrogens (tertiary/aromatic N) is 1. The van der Waals surface area contributed by atoms with Gasteiger partial charge in [0.05, 0.1) is 5.92 Å². The molecule has 2 amide bonds. The Kier molecular flexibility index (Phi) is 4.87. The molecule has 1 aliphatic heterocycles. The third-order valence-electron chi connectivity index (χ3n) is 3.92. The van der Waals surface area contributed by atoms with E-state index in [0.29, 0.717) is 13.0 Å². The molecular formula is C16H20F2N2O3. The van der Waals surface area contributed by atoms with Crippen molar-refractivity contribution in [1.29, 1.82) is 0 Å². The SMILES string of the molecule is CC1CC(C(=O)O)CN(C(=O)Nc2cccc(C(C)(F)F)c2)C1. The topological polar surface area (TPSA) is 69.6 Å². The standard InChI is InChI=1S/C16H20F2N2O3/c1-10-6-11(14(21)22)9-20(8-10)15(23)19-13-5-3-4-12(7-13)16(2,17)18/h3-5,7,10-11H,6,8-9H2,1-2H3,(H,19,23)(H,21,22). The zero-order valence-electron chi connectivity index (χ0n) is 13.1. The van der Waals surface area contributed by atoms with Crippen molar-refractivity contribution in [2.24, 2.45) is 11.8 Å². The van der Waals surface area contributed by atoms with Gasteiger partial charge in [-0.1, -0.05) is 19.1 Å². The second-order valence-electron chi connectivity index (χ2n) is 6.18. The van der Waals surface area contributed by atoms with E-state index in [1.54, 1.807) is 0 Å². The minimum absolute atomic E-state index is 0.0712. The van der Waals surface area contributed by atoms with Crippen LogP contribution in [-0.2, 0) is 10.7 Å². The number of carboxylic acids is 1. The molecule has 1 saturated heterocycles. The van der Waals surface area contributed by atoms with Crippen LogP contribution in [0.3, 0.4) is 0 Å². The first-order valence-corrected chi connectivity index (χ1v) is 7.44. The highest BCUT2D eigenvalue weighted by molar-refractivity contribution is 5.90. The Hall–Kier alpha value is -2.18. The van der Waals surface area contributed by atoms with Gasteiger partial charge in [-0.15, -0.1) is 0 Å². The maximum absolute atomic E-state index is 13.3. The molecular weight excluding hydrogens is 306 g/mol. The van der Waals surface area contributed by atoms with Crippen molar-refractivity contribution >= 4 is 17.7 Å². The van der Waals surface area contributed by atoms with E-state index in [4.69, 9.17) is 5.11 Å². The summed E-state index contributed by atoms with van der Waals surface area (Å²) in [5.74, 6) is -4.45. The van der Waals surface area contributed by atoms with Crippen LogP contribution in [0.4, 0.5) is 19.3 Å². The van der Waals surface area contributed by atoms with Crippen LogP contribution in [0.15, 0.2) is 24.3 Å². The number of hydrogen-bond acceptors (Lipinski definition) is 2. The van der Waals surface area contributed by atoms with Crippen LogP contribution in [0.5, 0.6) is 0 Å². The summed E-state index contributed by atoms with van der Waals surface area (Å²) in [6.07, 6.45) is 0.524. The second kappa shape index (κ2) is 6.52. The minimum atomic E-state index is -2.99. The first-order valence-electron chi connectivity index (χ1n) is 7.44. The first kappa shape index (κ1) is 17.2. The molecule has 0 spiro atoms. The zero-order valence-corrected chi connectivity index (χ0v) is 13.1. The number of carboxylic acid groups (broad SMARTS) is 1. The summed E-state index contributed by atoms with van der Waals surface area (Å²) in [7, 11) is 0. The Labute approximate surface area is 133 Å². The summed E-state index contributed by atoms with van der Waals surface area (Å²) in [5.41, 5.74) is 0.0739. The zero-order chi connectivity index (χ0) is 17.2. The molecule has 2 rings (SSSR count). The van der Waals surface area contributed by atoms with Gasteiger partial charge in [0, 0.05) is 31.3 Å². The lowest BCUT2D eigenvalue weighted by atomic mass is 9.91. The normalized spacial score (nSPS) is 21.8. The fourth-order valence-corrected chi connectivity index (χ4v) is 2.77. The van der Waals surface area contributed by atoms with E-state index in [0.717, 1.165) is 6.92 Å². The van der Waals surface area contributed by atoms with Gasteiger partial charge < -0.3 is 15.3 Å². The fraction of sp³-hybridized carbons (Fsp3) is 0.500. The van der Waals surface area contributed by atoms with Gasteiger partial charge in [-0.3, -0.25) is 4.79 Å². The molecule has 2 N–H and O–H groups in total. The lowest BCUT2D eigenvalue weighted by Crippen LogP contribution is -2.47. The van der Waals surface area contributed by atoms with Crippen LogP contribution in [0, 0.1) is 11.8 Å². The molecule has 0 bridgehead atoms. The number of urea groups is 1. The molecule has 1 fully saturated rings. The number of alkyl halides is 2. The molecule has 0 aliphatic carbocycles. The van der Waals surface area contributed by atoms with Gasteiger partial charge in [0.2, 0.25) is 0 Å². The molecule has 0 saturated carbocycles. The molecule has 1 aromatic carbocycles. The van der Waals surface area contributed by atoms with E-state index < -0.39 is 23.8 Å². The van der Waals surface area contributed by atoms with Crippen molar-refractivity contribution in [3.05, 3.63) is 29.8 Å². The van der Waals surface area contributed by atoms with Gasteiger partial charge in [0.1, 0.15) is 0 Å². The van der Waals surface area contributed by atoms with Crippen molar-refractivity contribution in [2.75, 3.05) is 18.4 Å². The lowest BCUT2D eigenvalue weighted by molar-refractivity contribution is -0.143. The number of rotatable bonds is 3. The third-order valence-corrected chi connectivity index (χ3v) is 3.92. The van der Waals surface area contributed by atoms with Gasteiger partial charge in [-0.05, 0) is 24.5 Å². The molecule has 0 aromatic heterocycles. The van der Waals surface area contributed by atoms with Crippen molar-refractivity contribution in [3.8, 4) is 0 Å². The van der Waals surface area contributed by atoms with E-state index >= 15 is 0 Å². The molecule has 1 aliphatic rings. The highest BCUT2D eigenvalue weighted by atomic mass is 19.3. The second-order valence-corrected chi connectivity index (χ2v) is 6.18. The Morgan fingerprint density at radius 3 is 2.65 bits per heavy atom. The number of carbonyl (C=O) groups is 2. The fourth-order valence-electron chi connectivity index (χ4n) is 2.77. The number of benzene rings is 1. The molecule has 5 nitrogen and oxygen atoms in total. The molecule has 1 aromatic rings. The largest absolute Gasteiger partial charge is 0.481 e. The monoisotopic (exact) mass is 326 g/mol. The lowest BCUT2D eigenvalue weighted by Gasteiger charge is -2.34. The highest BCUT2D eigenvalue weighted by Crippen LogP contribution is 2.29. The Morgan fingerprint density at radius 2 is 2.04 bits per heavy atom. The average molecular weight is 326 g/mol. The molecule has 23 heavy (non-hydrogen) atoms. The Morgan fingerprint density at radius 1 is 1.35 bits per heavy atom. The smallest absolute Gasteiger partial charge is 0.321 e. The third kappa shape index (κ3) is 4.40. The summed E-state index contributed by atoms with van der Waals surface area (Å²) in [4.78, 5) is 24.8. The summed E-state index contributed by atoms with van der Waals surface area (Å²) in [6.45, 7) is 3.24. The van der Waals surface area contributed by atoms with Crippen LogP contribution >= 0.6 is 0 Å². The Bertz CT molecular complexity index is 601. The number of halogens is 2. The van der Waals surface area contributed by atoms with Gasteiger partial charge in [-0.25, -0.2) is 13.6 Å². The van der Waals surface area contributed by atoms with Crippen LogP contribution in [0.25, 0.3) is 0 Å². The van der Waals surface area contributed by atoms with Gasteiger partial charge in [-0.2, -0.15) is 0 Å². The molecule has 2 unspecified atom stereocenters. The summed E-state index contributed by atoms with van der Waals surface area (Å²) < 4.78 is 26.7. The molecule has 1 heterocycles. The van der Waals surface area contributed by atoms with Crippen LogP contribution in [-0.4, -0.2) is 35.1 Å². The number of nitrogens with one attached hydrogen (secondary N) is 1. The molecule has 2 atom stereocenters. The summed E-state index contributed by atoms with van der Waals surface area (Å²) in [6, 6.07) is 5.01. The minimum Gasteiger partial charge on any atom is -0.481 e. The Balaban J connectivity index is 2.08. The number of amides is 2. The summed E-state index contributed by atoms with van der Waals surface area (Å²) in [5, 5.41) is 11.7.